The van der Waals surface area contributed by atoms with E-state index in [9.17, 15) is 13.6 Å². The number of aromatic nitrogens is 6. The quantitative estimate of drug-likeness (QED) is 0.534. The third-order valence-electron chi connectivity index (χ3n) is 5.54. The topological polar surface area (TPSA) is 99.2 Å². The zero-order chi connectivity index (χ0) is 21.5. The summed E-state index contributed by atoms with van der Waals surface area (Å²) in [5, 5.41) is 7.25. The number of rotatable bonds is 4. The lowest BCUT2D eigenvalue weighted by Crippen LogP contribution is -2.24. The van der Waals surface area contributed by atoms with Gasteiger partial charge in [-0.15, -0.1) is 0 Å². The summed E-state index contributed by atoms with van der Waals surface area (Å²) in [5.74, 6) is 0.245. The van der Waals surface area contributed by atoms with E-state index in [2.05, 4.69) is 25.4 Å². The van der Waals surface area contributed by atoms with Gasteiger partial charge in [-0.25, -0.2) is 24.0 Å². The van der Waals surface area contributed by atoms with Crippen LogP contribution >= 0.6 is 0 Å². The van der Waals surface area contributed by atoms with E-state index in [0.717, 1.165) is 5.56 Å². The van der Waals surface area contributed by atoms with E-state index < -0.39 is 12.1 Å². The van der Waals surface area contributed by atoms with Gasteiger partial charge in [-0.05, 0) is 42.9 Å². The summed E-state index contributed by atoms with van der Waals surface area (Å²) in [7, 11) is 0. The molecular formula is C20H19F2N7O2. The van der Waals surface area contributed by atoms with E-state index in [4.69, 9.17) is 4.74 Å². The molecule has 1 saturated heterocycles. The third-order valence-corrected chi connectivity index (χ3v) is 5.54. The molecule has 5 rings (SSSR count). The second kappa shape index (κ2) is 7.65. The SMILES string of the molecule is Cc1cc2ncnn2cc1Nc1ncc2c(n1)c(C1CCOCC1)cc(=O)n2C(F)F. The summed E-state index contributed by atoms with van der Waals surface area (Å²) >= 11 is 0. The first-order valence-corrected chi connectivity index (χ1v) is 9.86. The molecule has 0 amide bonds. The van der Waals surface area contributed by atoms with Gasteiger partial charge in [-0.2, -0.15) is 13.9 Å². The van der Waals surface area contributed by atoms with Crippen molar-refractivity contribution >= 4 is 28.3 Å². The van der Waals surface area contributed by atoms with Crippen molar-refractivity contribution in [3.8, 4) is 0 Å². The Labute approximate surface area is 174 Å². The zero-order valence-electron chi connectivity index (χ0n) is 16.6. The Hall–Kier alpha value is -3.47. The van der Waals surface area contributed by atoms with Gasteiger partial charge < -0.3 is 10.1 Å². The summed E-state index contributed by atoms with van der Waals surface area (Å²) in [6, 6.07) is 3.13. The predicted octanol–water partition coefficient (Wildman–Crippen LogP) is 3.18. The molecule has 4 aromatic rings. The molecule has 0 aromatic carbocycles. The fourth-order valence-electron chi connectivity index (χ4n) is 3.94. The van der Waals surface area contributed by atoms with E-state index in [1.807, 2.05) is 13.0 Å². The summed E-state index contributed by atoms with van der Waals surface area (Å²) in [6.45, 7) is 0.0208. The number of ether oxygens (including phenoxy) is 1. The van der Waals surface area contributed by atoms with Crippen LogP contribution in [0.4, 0.5) is 20.4 Å². The predicted molar refractivity (Wildman–Crippen MR) is 109 cm³/mol. The summed E-state index contributed by atoms with van der Waals surface area (Å²) in [5.41, 5.74) is 2.53. The number of nitrogens with one attached hydrogen (secondary N) is 1. The number of hydrogen-bond acceptors (Lipinski definition) is 7. The first-order chi connectivity index (χ1) is 15.0. The Morgan fingerprint density at radius 3 is 2.81 bits per heavy atom. The van der Waals surface area contributed by atoms with Crippen molar-refractivity contribution in [2.24, 2.45) is 0 Å². The maximum Gasteiger partial charge on any atom is 0.321 e. The van der Waals surface area contributed by atoms with Crippen molar-refractivity contribution in [3.05, 3.63) is 52.3 Å². The molecule has 9 nitrogen and oxygen atoms in total. The van der Waals surface area contributed by atoms with Gasteiger partial charge in [0, 0.05) is 19.3 Å². The largest absolute Gasteiger partial charge is 0.381 e. The molecule has 1 fully saturated rings. The summed E-state index contributed by atoms with van der Waals surface area (Å²) in [6.07, 6.45) is 5.87. The number of alkyl halides is 2. The van der Waals surface area contributed by atoms with Crippen LogP contribution in [0.5, 0.6) is 0 Å². The highest BCUT2D eigenvalue weighted by Crippen LogP contribution is 2.32. The molecule has 5 heterocycles. The van der Waals surface area contributed by atoms with Crippen LogP contribution in [0.1, 0.15) is 36.4 Å². The van der Waals surface area contributed by atoms with Crippen molar-refractivity contribution in [3.63, 3.8) is 0 Å². The molecule has 1 aliphatic heterocycles. The summed E-state index contributed by atoms with van der Waals surface area (Å²) in [4.78, 5) is 25.3. The van der Waals surface area contributed by atoms with Crippen LogP contribution in [-0.4, -0.2) is 42.3 Å². The number of pyridine rings is 2. The molecule has 0 bridgehead atoms. The number of anilines is 2. The van der Waals surface area contributed by atoms with Gasteiger partial charge in [-0.3, -0.25) is 4.79 Å². The molecule has 0 aliphatic carbocycles. The van der Waals surface area contributed by atoms with Gasteiger partial charge in [0.2, 0.25) is 5.95 Å². The van der Waals surface area contributed by atoms with Gasteiger partial charge in [0.1, 0.15) is 6.33 Å². The molecule has 4 aromatic heterocycles. The van der Waals surface area contributed by atoms with Crippen molar-refractivity contribution in [2.75, 3.05) is 18.5 Å². The van der Waals surface area contributed by atoms with Crippen LogP contribution in [0.2, 0.25) is 0 Å². The second-order valence-electron chi connectivity index (χ2n) is 7.46. The van der Waals surface area contributed by atoms with Crippen LogP contribution in [-0.2, 0) is 4.74 Å². The minimum atomic E-state index is -2.99. The molecule has 11 heteroatoms. The number of nitrogens with zero attached hydrogens (tertiary/aromatic N) is 6. The molecule has 0 unspecified atom stereocenters. The monoisotopic (exact) mass is 427 g/mol. The lowest BCUT2D eigenvalue weighted by Gasteiger charge is -2.24. The average Bonchev–Trinajstić information content (AvgIpc) is 3.21. The zero-order valence-corrected chi connectivity index (χ0v) is 16.6. The van der Waals surface area contributed by atoms with Gasteiger partial charge in [0.25, 0.3) is 5.56 Å². The van der Waals surface area contributed by atoms with E-state index in [-0.39, 0.29) is 17.4 Å². The highest BCUT2D eigenvalue weighted by atomic mass is 19.3. The Morgan fingerprint density at radius 1 is 1.23 bits per heavy atom. The van der Waals surface area contributed by atoms with E-state index in [1.54, 1.807) is 10.7 Å². The second-order valence-corrected chi connectivity index (χ2v) is 7.46. The minimum Gasteiger partial charge on any atom is -0.381 e. The average molecular weight is 427 g/mol. The number of hydrogen-bond donors (Lipinski definition) is 1. The molecule has 0 spiro atoms. The fourth-order valence-corrected chi connectivity index (χ4v) is 3.94. The Balaban J connectivity index is 1.63. The van der Waals surface area contributed by atoms with Gasteiger partial charge in [0.15, 0.2) is 5.65 Å². The van der Waals surface area contributed by atoms with Crippen LogP contribution in [0, 0.1) is 6.92 Å². The van der Waals surface area contributed by atoms with Crippen LogP contribution in [0.15, 0.2) is 35.6 Å². The van der Waals surface area contributed by atoms with Gasteiger partial charge in [-0.1, -0.05) is 0 Å². The Kier molecular flexibility index (Phi) is 4.81. The lowest BCUT2D eigenvalue weighted by molar-refractivity contribution is 0.0708. The maximum absolute atomic E-state index is 13.6. The number of fused-ring (bicyclic) bond motifs is 2. The fraction of sp³-hybridized carbons (Fsp3) is 0.350. The van der Waals surface area contributed by atoms with Crippen molar-refractivity contribution in [1.82, 2.24) is 29.1 Å². The molecule has 0 atom stereocenters. The van der Waals surface area contributed by atoms with Crippen LogP contribution < -0.4 is 10.9 Å². The van der Waals surface area contributed by atoms with Crippen molar-refractivity contribution < 1.29 is 13.5 Å². The Morgan fingerprint density at radius 2 is 2.03 bits per heavy atom. The van der Waals surface area contributed by atoms with E-state index in [0.29, 0.717) is 53.0 Å². The van der Waals surface area contributed by atoms with Gasteiger partial charge >= 0.3 is 6.55 Å². The highest BCUT2D eigenvalue weighted by Gasteiger charge is 2.24. The Bertz CT molecular complexity index is 1330. The molecule has 31 heavy (non-hydrogen) atoms. The van der Waals surface area contributed by atoms with Crippen molar-refractivity contribution in [2.45, 2.75) is 32.2 Å². The van der Waals surface area contributed by atoms with E-state index in [1.165, 1.54) is 18.6 Å². The minimum absolute atomic E-state index is 0.00672. The van der Waals surface area contributed by atoms with Crippen molar-refractivity contribution in [1.29, 1.82) is 0 Å². The number of halogens is 2. The van der Waals surface area contributed by atoms with Crippen LogP contribution in [0.3, 0.4) is 0 Å². The smallest absolute Gasteiger partial charge is 0.321 e. The molecule has 1 aliphatic rings. The molecule has 1 N–H and O–H groups in total. The van der Waals surface area contributed by atoms with E-state index >= 15 is 0 Å². The summed E-state index contributed by atoms with van der Waals surface area (Å²) < 4.78 is 34.7. The molecule has 0 saturated carbocycles. The first-order valence-electron chi connectivity index (χ1n) is 9.86. The molecular weight excluding hydrogens is 408 g/mol. The highest BCUT2D eigenvalue weighted by molar-refractivity contribution is 5.80. The number of aryl methyl sites for hydroxylation is 1. The maximum atomic E-state index is 13.6. The van der Waals surface area contributed by atoms with Gasteiger partial charge in [0.05, 0.1) is 29.1 Å². The standard InChI is InChI=1S/C20H19F2N7O2/c1-11-6-16-24-10-25-28(16)9-14(11)26-20-23-8-15-18(27-20)13(12-2-4-31-5-3-12)7-17(30)29(15)19(21)22/h6-10,12,19H,2-5H2,1H3,(H,23,26,27). The molecule has 160 valence electrons. The first kappa shape index (κ1) is 19.5. The normalized spacial score (nSPS) is 15.2. The lowest BCUT2D eigenvalue weighted by atomic mass is 9.91. The molecule has 0 radical (unpaired) electrons. The third kappa shape index (κ3) is 3.50. The van der Waals surface area contributed by atoms with Crippen LogP contribution in [0.25, 0.3) is 16.7 Å².